The van der Waals surface area contributed by atoms with Crippen molar-refractivity contribution in [1.82, 2.24) is 25.2 Å². The Bertz CT molecular complexity index is 1080. The van der Waals surface area contributed by atoms with Crippen LogP contribution >= 0.6 is 0 Å². The number of hydrogen-bond acceptors (Lipinski definition) is 8. The van der Waals surface area contributed by atoms with Crippen LogP contribution in [0.3, 0.4) is 0 Å². The third kappa shape index (κ3) is 3.35. The first-order chi connectivity index (χ1) is 14.1. The Hall–Kier alpha value is -3.95. The van der Waals surface area contributed by atoms with E-state index in [9.17, 15) is 4.79 Å². The summed E-state index contributed by atoms with van der Waals surface area (Å²) in [6.07, 6.45) is 3.22. The van der Waals surface area contributed by atoms with Crippen LogP contribution in [0.5, 0.6) is 11.5 Å². The van der Waals surface area contributed by atoms with Crippen molar-refractivity contribution in [2.75, 3.05) is 24.9 Å². The number of rotatable bonds is 5. The average molecular weight is 393 g/mol. The molecular formula is C19H19N7O3. The van der Waals surface area contributed by atoms with Gasteiger partial charge in [0.15, 0.2) is 0 Å². The van der Waals surface area contributed by atoms with Crippen molar-refractivity contribution in [2.24, 2.45) is 0 Å². The summed E-state index contributed by atoms with van der Waals surface area (Å²) in [5, 5.41) is 17.8. The van der Waals surface area contributed by atoms with Gasteiger partial charge in [-0.1, -0.05) is 5.10 Å². The fourth-order valence-corrected chi connectivity index (χ4v) is 3.28. The Balaban J connectivity index is 1.84. The van der Waals surface area contributed by atoms with Crippen LogP contribution in [0.4, 0.5) is 11.6 Å². The van der Waals surface area contributed by atoms with Crippen molar-refractivity contribution >= 4 is 17.5 Å². The highest BCUT2D eigenvalue weighted by Crippen LogP contribution is 2.40. The molecule has 1 aliphatic heterocycles. The summed E-state index contributed by atoms with van der Waals surface area (Å²) in [7, 11) is 3.15. The lowest BCUT2D eigenvalue weighted by molar-refractivity contribution is -0.113. The largest absolute Gasteiger partial charge is 0.497 e. The molecule has 4 rings (SSSR count). The molecule has 148 valence electrons. The zero-order valence-corrected chi connectivity index (χ0v) is 16.1. The maximum absolute atomic E-state index is 13.3. The number of fused-ring (bicyclic) bond motifs is 1. The standard InChI is InChI=1S/C19H19N7O3/c1-11-16(18(27)22-12-5-4-8-20-10-12)17(26-19(21-11)23-24-25-26)14-9-13(28-2)6-7-15(14)29-3/h4-10,17H,1-3H3,(H,22,27)(H,21,23,25)/t17-/m1/s1. The van der Waals surface area contributed by atoms with E-state index < -0.39 is 6.04 Å². The number of nitrogens with one attached hydrogen (secondary N) is 2. The molecule has 1 aromatic carbocycles. The van der Waals surface area contributed by atoms with Gasteiger partial charge < -0.3 is 20.1 Å². The topological polar surface area (TPSA) is 116 Å². The molecule has 1 aliphatic rings. The summed E-state index contributed by atoms with van der Waals surface area (Å²) in [4.78, 5) is 17.3. The SMILES string of the molecule is COc1ccc(OC)c([C@@H]2C(C(=O)Nc3cccnc3)=C(C)Nc3nnnn32)c1. The smallest absolute Gasteiger partial charge is 0.255 e. The molecule has 0 spiro atoms. The van der Waals surface area contributed by atoms with E-state index in [1.54, 1.807) is 62.5 Å². The maximum atomic E-state index is 13.3. The molecule has 3 heterocycles. The number of ether oxygens (including phenoxy) is 2. The van der Waals surface area contributed by atoms with Gasteiger partial charge in [-0.25, -0.2) is 0 Å². The molecule has 0 unspecified atom stereocenters. The molecule has 0 saturated heterocycles. The molecular weight excluding hydrogens is 374 g/mol. The quantitative estimate of drug-likeness (QED) is 0.676. The monoisotopic (exact) mass is 393 g/mol. The zero-order chi connectivity index (χ0) is 20.4. The Morgan fingerprint density at radius 2 is 2.10 bits per heavy atom. The fraction of sp³-hybridized carbons (Fsp3) is 0.211. The van der Waals surface area contributed by atoms with Crippen LogP contribution in [-0.2, 0) is 4.79 Å². The number of anilines is 2. The minimum absolute atomic E-state index is 0.306. The van der Waals surface area contributed by atoms with Crippen LogP contribution in [-0.4, -0.2) is 45.3 Å². The van der Waals surface area contributed by atoms with Crippen molar-refractivity contribution in [3.05, 3.63) is 59.6 Å². The lowest BCUT2D eigenvalue weighted by Crippen LogP contribution is -2.31. The normalized spacial score (nSPS) is 15.3. The van der Waals surface area contributed by atoms with Crippen LogP contribution in [0.1, 0.15) is 18.5 Å². The summed E-state index contributed by atoms with van der Waals surface area (Å²) < 4.78 is 12.5. The minimum atomic E-state index is -0.622. The lowest BCUT2D eigenvalue weighted by Gasteiger charge is -2.29. The van der Waals surface area contributed by atoms with Crippen LogP contribution in [0.15, 0.2) is 54.0 Å². The first-order valence-corrected chi connectivity index (χ1v) is 8.81. The minimum Gasteiger partial charge on any atom is -0.497 e. The highest BCUT2D eigenvalue weighted by Gasteiger charge is 2.36. The van der Waals surface area contributed by atoms with Gasteiger partial charge in [-0.2, -0.15) is 4.68 Å². The van der Waals surface area contributed by atoms with Gasteiger partial charge in [-0.05, 0) is 47.7 Å². The van der Waals surface area contributed by atoms with Crippen LogP contribution < -0.4 is 20.1 Å². The van der Waals surface area contributed by atoms with Gasteiger partial charge in [-0.3, -0.25) is 9.78 Å². The summed E-state index contributed by atoms with van der Waals surface area (Å²) in [5.74, 6) is 1.33. The number of carbonyl (C=O) groups excluding carboxylic acids is 1. The third-order valence-electron chi connectivity index (χ3n) is 4.61. The first kappa shape index (κ1) is 18.4. The van der Waals surface area contributed by atoms with Crippen molar-refractivity contribution in [2.45, 2.75) is 13.0 Å². The molecule has 2 N–H and O–H groups in total. The number of hydrogen-bond donors (Lipinski definition) is 2. The van der Waals surface area contributed by atoms with Crippen LogP contribution in [0, 0.1) is 0 Å². The number of benzene rings is 1. The van der Waals surface area contributed by atoms with Gasteiger partial charge in [0.2, 0.25) is 5.95 Å². The molecule has 0 aliphatic carbocycles. The molecule has 10 nitrogen and oxygen atoms in total. The van der Waals surface area contributed by atoms with Crippen molar-refractivity contribution in [3.8, 4) is 11.5 Å². The molecule has 0 saturated carbocycles. The van der Waals surface area contributed by atoms with E-state index in [4.69, 9.17) is 9.47 Å². The third-order valence-corrected chi connectivity index (χ3v) is 4.61. The van der Waals surface area contributed by atoms with E-state index in [0.29, 0.717) is 40.0 Å². The predicted molar refractivity (Wildman–Crippen MR) is 105 cm³/mol. The van der Waals surface area contributed by atoms with Gasteiger partial charge in [0.25, 0.3) is 5.91 Å². The molecule has 29 heavy (non-hydrogen) atoms. The number of methoxy groups -OCH3 is 2. The molecule has 0 radical (unpaired) electrons. The number of aromatic nitrogens is 5. The highest BCUT2D eigenvalue weighted by molar-refractivity contribution is 6.06. The number of carbonyl (C=O) groups is 1. The summed E-state index contributed by atoms with van der Waals surface area (Å²) in [5.41, 5.74) is 2.35. The molecule has 0 bridgehead atoms. The maximum Gasteiger partial charge on any atom is 0.255 e. The van der Waals surface area contributed by atoms with E-state index in [1.165, 1.54) is 0 Å². The van der Waals surface area contributed by atoms with E-state index in [-0.39, 0.29) is 5.91 Å². The van der Waals surface area contributed by atoms with E-state index in [1.807, 2.05) is 6.07 Å². The van der Waals surface area contributed by atoms with E-state index >= 15 is 0 Å². The fourth-order valence-electron chi connectivity index (χ4n) is 3.28. The van der Waals surface area contributed by atoms with Crippen LogP contribution in [0.2, 0.25) is 0 Å². The van der Waals surface area contributed by atoms with Crippen molar-refractivity contribution in [3.63, 3.8) is 0 Å². The Labute approximate surface area is 166 Å². The molecule has 10 heteroatoms. The van der Waals surface area contributed by atoms with E-state index in [0.717, 1.165) is 0 Å². The molecule has 1 amide bonds. The second-order valence-corrected chi connectivity index (χ2v) is 6.32. The highest BCUT2D eigenvalue weighted by atomic mass is 16.5. The summed E-state index contributed by atoms with van der Waals surface area (Å²) in [6, 6.07) is 8.27. The van der Waals surface area contributed by atoms with Gasteiger partial charge >= 0.3 is 0 Å². The number of tetrazole rings is 1. The average Bonchev–Trinajstić information content (AvgIpc) is 3.20. The van der Waals surface area contributed by atoms with Gasteiger partial charge in [0.05, 0.1) is 31.7 Å². The number of amides is 1. The second-order valence-electron chi connectivity index (χ2n) is 6.32. The first-order valence-electron chi connectivity index (χ1n) is 8.81. The number of pyridine rings is 1. The number of allylic oxidation sites excluding steroid dienone is 1. The van der Waals surface area contributed by atoms with Gasteiger partial charge in [0.1, 0.15) is 17.5 Å². The molecule has 1 atom stereocenters. The Morgan fingerprint density at radius 1 is 1.24 bits per heavy atom. The lowest BCUT2D eigenvalue weighted by atomic mass is 9.94. The zero-order valence-electron chi connectivity index (χ0n) is 16.1. The van der Waals surface area contributed by atoms with Crippen molar-refractivity contribution < 1.29 is 14.3 Å². The van der Waals surface area contributed by atoms with E-state index in [2.05, 4.69) is 31.1 Å². The predicted octanol–water partition coefficient (Wildman–Crippen LogP) is 2.01. The van der Waals surface area contributed by atoms with Crippen LogP contribution in [0.25, 0.3) is 0 Å². The summed E-state index contributed by atoms with van der Waals surface area (Å²) >= 11 is 0. The molecule has 0 fully saturated rings. The van der Waals surface area contributed by atoms with Crippen molar-refractivity contribution in [1.29, 1.82) is 0 Å². The van der Waals surface area contributed by atoms with Gasteiger partial charge in [0, 0.05) is 17.5 Å². The summed E-state index contributed by atoms with van der Waals surface area (Å²) in [6.45, 7) is 1.80. The molecule has 2 aromatic heterocycles. The van der Waals surface area contributed by atoms with Gasteiger partial charge in [-0.15, -0.1) is 0 Å². The Morgan fingerprint density at radius 3 is 2.83 bits per heavy atom. The second kappa shape index (κ2) is 7.58. The Kier molecular flexibility index (Phi) is 4.82. The number of nitrogens with zero attached hydrogens (tertiary/aromatic N) is 5. The molecule has 3 aromatic rings.